The van der Waals surface area contributed by atoms with Crippen LogP contribution in [0.5, 0.6) is 0 Å². The summed E-state index contributed by atoms with van der Waals surface area (Å²) in [4.78, 5) is 2.22. The summed E-state index contributed by atoms with van der Waals surface area (Å²) in [5.41, 5.74) is 4.55. The molecule has 0 saturated heterocycles. The van der Waals surface area contributed by atoms with Gasteiger partial charge < -0.3 is 10.2 Å². The number of hydrogen-bond donors (Lipinski definition) is 1. The third kappa shape index (κ3) is 2.70. The van der Waals surface area contributed by atoms with Crippen molar-refractivity contribution in [2.45, 2.75) is 19.4 Å². The molecule has 0 saturated carbocycles. The minimum atomic E-state index is -0.180. The van der Waals surface area contributed by atoms with Gasteiger partial charge in [0.15, 0.2) is 0 Å². The Balaban J connectivity index is 2.09. The first-order valence-corrected chi connectivity index (χ1v) is 7.92. The average Bonchev–Trinajstić information content (AvgIpc) is 2.89. The second-order valence-corrected chi connectivity index (χ2v) is 6.30. The number of rotatable bonds is 3. The number of nitrogens with one attached hydrogen (secondary N) is 1. The molecule has 0 bridgehead atoms. The standard InChI is InChI=1S/C17H18BrFN2/c1-11(20-2)15-9-13(18)4-6-16(15)21-8-7-12-3-5-14(19)10-17(12)21/h3-6,9-11,20H,7-8H2,1-2H3. The number of halogens is 2. The normalized spacial score (nSPS) is 15.1. The van der Waals surface area contributed by atoms with Gasteiger partial charge in [0.25, 0.3) is 0 Å². The van der Waals surface area contributed by atoms with Gasteiger partial charge in [-0.05, 0) is 61.9 Å². The molecule has 2 aromatic rings. The zero-order valence-corrected chi connectivity index (χ0v) is 13.7. The summed E-state index contributed by atoms with van der Waals surface area (Å²) in [6.07, 6.45) is 0.957. The fourth-order valence-electron chi connectivity index (χ4n) is 2.88. The van der Waals surface area contributed by atoms with Crippen molar-refractivity contribution in [3.05, 3.63) is 57.8 Å². The number of benzene rings is 2. The van der Waals surface area contributed by atoms with Crippen LogP contribution in [0.2, 0.25) is 0 Å². The van der Waals surface area contributed by atoms with E-state index in [1.54, 1.807) is 12.1 Å². The Hall–Kier alpha value is -1.39. The number of anilines is 2. The van der Waals surface area contributed by atoms with Crippen LogP contribution in [0.1, 0.15) is 24.1 Å². The minimum absolute atomic E-state index is 0.180. The Kier molecular flexibility index (Phi) is 4.00. The van der Waals surface area contributed by atoms with Gasteiger partial charge in [-0.1, -0.05) is 22.0 Å². The van der Waals surface area contributed by atoms with E-state index in [-0.39, 0.29) is 11.9 Å². The maximum Gasteiger partial charge on any atom is 0.125 e. The summed E-state index contributed by atoms with van der Waals surface area (Å²) in [5, 5.41) is 3.29. The molecule has 0 spiro atoms. The molecule has 3 rings (SSSR count). The number of nitrogens with zero attached hydrogens (tertiary/aromatic N) is 1. The fourth-order valence-corrected chi connectivity index (χ4v) is 3.25. The van der Waals surface area contributed by atoms with Crippen molar-refractivity contribution < 1.29 is 4.39 Å². The molecule has 0 fully saturated rings. The minimum Gasteiger partial charge on any atom is -0.341 e. The van der Waals surface area contributed by atoms with Crippen LogP contribution in [0, 0.1) is 5.82 Å². The van der Waals surface area contributed by atoms with Crippen molar-refractivity contribution in [1.82, 2.24) is 5.32 Å². The van der Waals surface area contributed by atoms with E-state index in [2.05, 4.69) is 45.2 Å². The molecule has 0 aromatic heterocycles. The van der Waals surface area contributed by atoms with Gasteiger partial charge in [-0.25, -0.2) is 4.39 Å². The van der Waals surface area contributed by atoms with Gasteiger partial charge >= 0.3 is 0 Å². The smallest absolute Gasteiger partial charge is 0.125 e. The zero-order valence-electron chi connectivity index (χ0n) is 12.2. The summed E-state index contributed by atoms with van der Waals surface area (Å²) in [6, 6.07) is 11.6. The molecule has 110 valence electrons. The summed E-state index contributed by atoms with van der Waals surface area (Å²) < 4.78 is 14.7. The van der Waals surface area contributed by atoms with Crippen molar-refractivity contribution in [1.29, 1.82) is 0 Å². The van der Waals surface area contributed by atoms with Gasteiger partial charge in [0.2, 0.25) is 0 Å². The van der Waals surface area contributed by atoms with E-state index >= 15 is 0 Å². The monoisotopic (exact) mass is 348 g/mol. The Labute approximate surface area is 133 Å². The van der Waals surface area contributed by atoms with Gasteiger partial charge in [-0.15, -0.1) is 0 Å². The molecule has 1 atom stereocenters. The van der Waals surface area contributed by atoms with E-state index in [0.717, 1.165) is 28.8 Å². The van der Waals surface area contributed by atoms with Crippen molar-refractivity contribution in [2.75, 3.05) is 18.5 Å². The maximum absolute atomic E-state index is 13.6. The van der Waals surface area contributed by atoms with E-state index < -0.39 is 0 Å². The summed E-state index contributed by atoms with van der Waals surface area (Å²) >= 11 is 3.54. The molecule has 0 aliphatic carbocycles. The molecule has 4 heteroatoms. The number of fused-ring (bicyclic) bond motifs is 1. The molecule has 21 heavy (non-hydrogen) atoms. The highest BCUT2D eigenvalue weighted by molar-refractivity contribution is 9.10. The molecule has 1 N–H and O–H groups in total. The van der Waals surface area contributed by atoms with E-state index in [9.17, 15) is 4.39 Å². The van der Waals surface area contributed by atoms with Crippen LogP contribution in [-0.2, 0) is 6.42 Å². The highest BCUT2D eigenvalue weighted by Gasteiger charge is 2.24. The lowest BCUT2D eigenvalue weighted by Crippen LogP contribution is -2.20. The lowest BCUT2D eigenvalue weighted by molar-refractivity contribution is 0.627. The molecule has 2 nitrogen and oxygen atoms in total. The van der Waals surface area contributed by atoms with Crippen LogP contribution in [0.3, 0.4) is 0 Å². The molecule has 0 amide bonds. The van der Waals surface area contributed by atoms with Crippen LogP contribution < -0.4 is 10.2 Å². The third-order valence-corrected chi connectivity index (χ3v) is 4.62. The van der Waals surface area contributed by atoms with Crippen molar-refractivity contribution in [3.63, 3.8) is 0 Å². The highest BCUT2D eigenvalue weighted by atomic mass is 79.9. The quantitative estimate of drug-likeness (QED) is 0.874. The van der Waals surface area contributed by atoms with Gasteiger partial charge in [0, 0.05) is 28.4 Å². The Morgan fingerprint density at radius 3 is 2.76 bits per heavy atom. The largest absolute Gasteiger partial charge is 0.341 e. The van der Waals surface area contributed by atoms with Crippen LogP contribution in [0.15, 0.2) is 40.9 Å². The van der Waals surface area contributed by atoms with E-state index in [1.807, 2.05) is 19.2 Å². The van der Waals surface area contributed by atoms with Crippen molar-refractivity contribution in [3.8, 4) is 0 Å². The van der Waals surface area contributed by atoms with Gasteiger partial charge in [0.1, 0.15) is 5.82 Å². The second-order valence-electron chi connectivity index (χ2n) is 5.39. The van der Waals surface area contributed by atoms with Crippen LogP contribution in [0.25, 0.3) is 0 Å². The maximum atomic E-state index is 13.6. The SMILES string of the molecule is CNC(C)c1cc(Br)ccc1N1CCc2ccc(F)cc21. The Morgan fingerprint density at radius 1 is 1.19 bits per heavy atom. The Bertz CT molecular complexity index is 672. The van der Waals surface area contributed by atoms with E-state index in [0.29, 0.717) is 0 Å². The van der Waals surface area contributed by atoms with Crippen LogP contribution in [0.4, 0.5) is 15.8 Å². The van der Waals surface area contributed by atoms with Crippen molar-refractivity contribution in [2.24, 2.45) is 0 Å². The number of hydrogen-bond acceptors (Lipinski definition) is 2. The molecule has 1 aliphatic rings. The highest BCUT2D eigenvalue weighted by Crippen LogP contribution is 2.39. The first-order valence-electron chi connectivity index (χ1n) is 7.13. The molecule has 1 unspecified atom stereocenters. The topological polar surface area (TPSA) is 15.3 Å². The lowest BCUT2D eigenvalue weighted by atomic mass is 10.0. The summed E-state index contributed by atoms with van der Waals surface area (Å²) in [6.45, 7) is 3.03. The Morgan fingerprint density at radius 2 is 2.00 bits per heavy atom. The molecule has 0 radical (unpaired) electrons. The zero-order chi connectivity index (χ0) is 15.0. The van der Waals surface area contributed by atoms with Crippen molar-refractivity contribution >= 4 is 27.3 Å². The van der Waals surface area contributed by atoms with Gasteiger partial charge in [0.05, 0.1) is 0 Å². The van der Waals surface area contributed by atoms with E-state index in [1.165, 1.54) is 11.1 Å². The van der Waals surface area contributed by atoms with Crippen LogP contribution >= 0.6 is 15.9 Å². The van der Waals surface area contributed by atoms with E-state index in [4.69, 9.17) is 0 Å². The molecule has 2 aromatic carbocycles. The predicted molar refractivity (Wildman–Crippen MR) is 88.7 cm³/mol. The van der Waals surface area contributed by atoms with Gasteiger partial charge in [-0.3, -0.25) is 0 Å². The third-order valence-electron chi connectivity index (χ3n) is 4.12. The second kappa shape index (κ2) is 5.78. The first-order chi connectivity index (χ1) is 10.1. The average molecular weight is 349 g/mol. The fraction of sp³-hybridized carbons (Fsp3) is 0.294. The van der Waals surface area contributed by atoms with Crippen LogP contribution in [-0.4, -0.2) is 13.6 Å². The van der Waals surface area contributed by atoms with Gasteiger partial charge in [-0.2, -0.15) is 0 Å². The molecular formula is C17H18BrFN2. The first kappa shape index (κ1) is 14.5. The molecule has 1 aliphatic heterocycles. The summed E-state index contributed by atoms with van der Waals surface area (Å²) in [5.74, 6) is -0.180. The molecular weight excluding hydrogens is 331 g/mol. The summed E-state index contributed by atoms with van der Waals surface area (Å²) in [7, 11) is 1.95. The molecule has 1 heterocycles. The lowest BCUT2D eigenvalue weighted by Gasteiger charge is -2.25. The predicted octanol–water partition coefficient (Wildman–Crippen LogP) is 4.56.